The van der Waals surface area contributed by atoms with Gasteiger partial charge in [0.05, 0.1) is 0 Å². The Balaban J connectivity index is 1.60. The Bertz CT molecular complexity index is 535. The van der Waals surface area contributed by atoms with Crippen molar-refractivity contribution >= 4 is 0 Å². The summed E-state index contributed by atoms with van der Waals surface area (Å²) in [4.78, 5) is 0. The molecule has 1 aliphatic rings. The standard InChI is InChI=1S/C17H18FN/c1-12(13-5-3-2-4-6-13)19-17-11-16(17)14-7-9-15(18)10-8-14/h2-10,12,16-17,19H,11H2,1H3/t12?,16-,17+/m0/s1. The molecule has 1 fully saturated rings. The van der Waals surface area contributed by atoms with Gasteiger partial charge in [0.1, 0.15) is 5.82 Å². The van der Waals surface area contributed by atoms with Crippen LogP contribution in [0.25, 0.3) is 0 Å². The molecule has 0 radical (unpaired) electrons. The molecular weight excluding hydrogens is 237 g/mol. The second-order valence-corrected chi connectivity index (χ2v) is 5.30. The molecule has 1 unspecified atom stereocenters. The molecule has 0 aromatic heterocycles. The molecule has 1 nitrogen and oxygen atoms in total. The van der Waals surface area contributed by atoms with Crippen molar-refractivity contribution in [3.8, 4) is 0 Å². The molecule has 0 bridgehead atoms. The fourth-order valence-electron chi connectivity index (χ4n) is 2.62. The van der Waals surface area contributed by atoms with Crippen LogP contribution in [0.4, 0.5) is 4.39 Å². The minimum absolute atomic E-state index is 0.161. The van der Waals surface area contributed by atoms with Gasteiger partial charge in [0.2, 0.25) is 0 Å². The van der Waals surface area contributed by atoms with E-state index >= 15 is 0 Å². The summed E-state index contributed by atoms with van der Waals surface area (Å²) in [6.45, 7) is 2.19. The van der Waals surface area contributed by atoms with E-state index in [1.807, 2.05) is 18.2 Å². The lowest BCUT2D eigenvalue weighted by Gasteiger charge is -2.14. The predicted molar refractivity (Wildman–Crippen MR) is 75.5 cm³/mol. The highest BCUT2D eigenvalue weighted by Crippen LogP contribution is 2.41. The lowest BCUT2D eigenvalue weighted by atomic mass is 10.1. The minimum atomic E-state index is -0.161. The van der Waals surface area contributed by atoms with Gasteiger partial charge in [0.15, 0.2) is 0 Å². The van der Waals surface area contributed by atoms with Crippen molar-refractivity contribution in [2.45, 2.75) is 31.3 Å². The van der Waals surface area contributed by atoms with Gasteiger partial charge >= 0.3 is 0 Å². The van der Waals surface area contributed by atoms with Crippen molar-refractivity contribution in [2.75, 3.05) is 0 Å². The van der Waals surface area contributed by atoms with E-state index in [0.29, 0.717) is 18.0 Å². The third kappa shape index (κ3) is 2.85. The largest absolute Gasteiger partial charge is 0.307 e. The van der Waals surface area contributed by atoms with Crippen molar-refractivity contribution < 1.29 is 4.39 Å². The van der Waals surface area contributed by atoms with Crippen LogP contribution in [0.3, 0.4) is 0 Å². The highest BCUT2D eigenvalue weighted by atomic mass is 19.1. The van der Waals surface area contributed by atoms with Gasteiger partial charge in [-0.25, -0.2) is 4.39 Å². The molecule has 1 N–H and O–H groups in total. The van der Waals surface area contributed by atoms with Crippen LogP contribution in [0, 0.1) is 5.82 Å². The second kappa shape index (κ2) is 5.14. The Morgan fingerprint density at radius 1 is 1.05 bits per heavy atom. The fourth-order valence-corrected chi connectivity index (χ4v) is 2.62. The summed E-state index contributed by atoms with van der Waals surface area (Å²) in [7, 11) is 0. The average Bonchev–Trinajstić information content (AvgIpc) is 3.20. The SMILES string of the molecule is CC(N[C@@H]1C[C@H]1c1ccc(F)cc1)c1ccccc1. The van der Waals surface area contributed by atoms with Crippen LogP contribution in [0.15, 0.2) is 54.6 Å². The van der Waals surface area contributed by atoms with Gasteiger partial charge in [-0.2, -0.15) is 0 Å². The van der Waals surface area contributed by atoms with Gasteiger partial charge in [-0.3, -0.25) is 0 Å². The highest BCUT2D eigenvalue weighted by Gasteiger charge is 2.38. The third-order valence-electron chi connectivity index (χ3n) is 3.85. The van der Waals surface area contributed by atoms with Crippen LogP contribution in [0.5, 0.6) is 0 Å². The van der Waals surface area contributed by atoms with Crippen molar-refractivity contribution in [3.05, 3.63) is 71.5 Å². The Kier molecular flexibility index (Phi) is 3.34. The summed E-state index contributed by atoms with van der Waals surface area (Å²) in [6, 6.07) is 18.2. The monoisotopic (exact) mass is 255 g/mol. The van der Waals surface area contributed by atoms with Crippen molar-refractivity contribution in [3.63, 3.8) is 0 Å². The summed E-state index contributed by atoms with van der Waals surface area (Å²) in [6.07, 6.45) is 1.14. The lowest BCUT2D eigenvalue weighted by Crippen LogP contribution is -2.22. The minimum Gasteiger partial charge on any atom is -0.307 e. The summed E-state index contributed by atoms with van der Waals surface area (Å²) >= 11 is 0. The van der Waals surface area contributed by atoms with Gasteiger partial charge in [-0.15, -0.1) is 0 Å². The normalized spacial score (nSPS) is 23.1. The van der Waals surface area contributed by atoms with Gasteiger partial charge < -0.3 is 5.32 Å². The van der Waals surface area contributed by atoms with E-state index in [1.165, 1.54) is 11.1 Å². The van der Waals surface area contributed by atoms with E-state index in [9.17, 15) is 4.39 Å². The molecule has 0 spiro atoms. The van der Waals surface area contributed by atoms with Crippen LogP contribution < -0.4 is 5.32 Å². The van der Waals surface area contributed by atoms with Crippen LogP contribution >= 0.6 is 0 Å². The zero-order valence-corrected chi connectivity index (χ0v) is 11.0. The fraction of sp³-hybridized carbons (Fsp3) is 0.294. The molecule has 1 saturated carbocycles. The number of rotatable bonds is 4. The third-order valence-corrected chi connectivity index (χ3v) is 3.85. The number of nitrogens with one attached hydrogen (secondary N) is 1. The van der Waals surface area contributed by atoms with E-state index < -0.39 is 0 Å². The summed E-state index contributed by atoms with van der Waals surface area (Å²) in [5.74, 6) is 0.373. The molecular formula is C17H18FN. The van der Waals surface area contributed by atoms with E-state index in [-0.39, 0.29) is 5.82 Å². The van der Waals surface area contributed by atoms with Crippen LogP contribution in [0.1, 0.15) is 36.4 Å². The molecule has 3 atom stereocenters. The van der Waals surface area contributed by atoms with Crippen molar-refractivity contribution in [2.24, 2.45) is 0 Å². The van der Waals surface area contributed by atoms with E-state index in [2.05, 4.69) is 36.5 Å². The molecule has 0 aliphatic heterocycles. The highest BCUT2D eigenvalue weighted by molar-refractivity contribution is 5.29. The first-order valence-electron chi connectivity index (χ1n) is 6.80. The summed E-state index contributed by atoms with van der Waals surface area (Å²) in [5.41, 5.74) is 2.55. The van der Waals surface area contributed by atoms with Crippen LogP contribution in [-0.4, -0.2) is 6.04 Å². The maximum absolute atomic E-state index is 12.9. The zero-order valence-electron chi connectivity index (χ0n) is 11.0. The van der Waals surface area contributed by atoms with E-state index in [0.717, 1.165) is 6.42 Å². The molecule has 2 heteroatoms. The molecule has 3 rings (SSSR count). The Hall–Kier alpha value is -1.67. The lowest BCUT2D eigenvalue weighted by molar-refractivity contribution is 0.562. The smallest absolute Gasteiger partial charge is 0.123 e. The maximum Gasteiger partial charge on any atom is 0.123 e. The predicted octanol–water partition coefficient (Wildman–Crippen LogP) is 4.03. The molecule has 1 aliphatic carbocycles. The zero-order chi connectivity index (χ0) is 13.2. The first-order valence-corrected chi connectivity index (χ1v) is 6.80. The Labute approximate surface area is 113 Å². The van der Waals surface area contributed by atoms with Crippen LogP contribution in [0.2, 0.25) is 0 Å². The first kappa shape index (κ1) is 12.4. The molecule has 0 saturated heterocycles. The molecule has 0 amide bonds. The second-order valence-electron chi connectivity index (χ2n) is 5.30. The van der Waals surface area contributed by atoms with Crippen molar-refractivity contribution in [1.82, 2.24) is 5.32 Å². The summed E-state index contributed by atoms with van der Waals surface area (Å²) < 4.78 is 12.9. The van der Waals surface area contributed by atoms with Gasteiger partial charge in [0, 0.05) is 18.0 Å². The number of halogens is 1. The molecule has 98 valence electrons. The molecule has 2 aromatic carbocycles. The number of hydrogen-bond donors (Lipinski definition) is 1. The van der Waals surface area contributed by atoms with Gasteiger partial charge in [-0.1, -0.05) is 42.5 Å². The first-order chi connectivity index (χ1) is 9.24. The quantitative estimate of drug-likeness (QED) is 0.869. The summed E-state index contributed by atoms with van der Waals surface area (Å²) in [5, 5.41) is 3.64. The topological polar surface area (TPSA) is 12.0 Å². The number of benzene rings is 2. The maximum atomic E-state index is 12.9. The molecule has 19 heavy (non-hydrogen) atoms. The van der Waals surface area contributed by atoms with Gasteiger partial charge in [0.25, 0.3) is 0 Å². The van der Waals surface area contributed by atoms with Crippen molar-refractivity contribution in [1.29, 1.82) is 0 Å². The molecule has 2 aromatic rings. The molecule has 0 heterocycles. The Morgan fingerprint density at radius 2 is 1.74 bits per heavy atom. The number of hydrogen-bond acceptors (Lipinski definition) is 1. The van der Waals surface area contributed by atoms with E-state index in [1.54, 1.807) is 12.1 Å². The van der Waals surface area contributed by atoms with E-state index in [4.69, 9.17) is 0 Å². The average molecular weight is 255 g/mol. The Morgan fingerprint density at radius 3 is 2.42 bits per heavy atom. The van der Waals surface area contributed by atoms with Gasteiger partial charge in [-0.05, 0) is 36.6 Å². The van der Waals surface area contributed by atoms with Crippen LogP contribution in [-0.2, 0) is 0 Å².